The molecule has 2 saturated heterocycles. The average molecular weight is 581 g/mol. The standard InChI is InChI=1S/C22H27ClN4O3.C4H6O6/c23-18-8-14(20-13(19(18)24)2-1-5-25-20)21(28)26-9-15-16-10-27(11-17(15)16)12-22(29)3-6-30-7-4-22;5-1(3(7)8)2(6)4(9)10/h1-2,5,8,15-17,29H,3-4,6-7,9-12,24H2,(H,26,28);1-2,5-6H,(H,7,8)(H,9,10). The van der Waals surface area contributed by atoms with Crippen molar-refractivity contribution in [1.29, 1.82) is 0 Å². The lowest BCUT2D eigenvalue weighted by atomic mass is 9.93. The van der Waals surface area contributed by atoms with E-state index in [0.717, 1.165) is 19.6 Å². The summed E-state index contributed by atoms with van der Waals surface area (Å²) in [6.07, 6.45) is -1.46. The summed E-state index contributed by atoms with van der Waals surface area (Å²) in [4.78, 5) is 39.1. The molecular formula is C26H33ClN4O9. The number of carboxylic acids is 2. The van der Waals surface area contributed by atoms with Gasteiger partial charge in [0.2, 0.25) is 0 Å². The number of nitrogen functional groups attached to an aromatic ring is 1. The van der Waals surface area contributed by atoms with Gasteiger partial charge in [0, 0.05) is 63.8 Å². The van der Waals surface area contributed by atoms with Gasteiger partial charge in [-0.3, -0.25) is 14.7 Å². The van der Waals surface area contributed by atoms with E-state index in [4.69, 9.17) is 42.5 Å². The molecule has 218 valence electrons. The molecule has 2 aliphatic heterocycles. The number of carboxylic acid groups (broad SMARTS) is 2. The molecule has 0 spiro atoms. The highest BCUT2D eigenvalue weighted by Crippen LogP contribution is 2.51. The predicted octanol–water partition coefficient (Wildman–Crippen LogP) is -0.203. The molecule has 1 aromatic heterocycles. The minimum atomic E-state index is -2.27. The fourth-order valence-electron chi connectivity index (χ4n) is 5.48. The number of benzene rings is 1. The third-order valence-corrected chi connectivity index (χ3v) is 8.13. The van der Waals surface area contributed by atoms with Crippen molar-refractivity contribution in [3.63, 3.8) is 0 Å². The van der Waals surface area contributed by atoms with Gasteiger partial charge in [0.1, 0.15) is 0 Å². The normalized spacial score (nSPS) is 24.8. The number of nitrogens with zero attached hydrogens (tertiary/aromatic N) is 2. The number of rotatable bonds is 8. The number of aliphatic carboxylic acids is 2. The van der Waals surface area contributed by atoms with E-state index in [1.807, 2.05) is 6.07 Å². The third kappa shape index (κ3) is 6.62. The average Bonchev–Trinajstić information content (AvgIpc) is 3.39. The van der Waals surface area contributed by atoms with Gasteiger partial charge in [0.25, 0.3) is 5.91 Å². The van der Waals surface area contributed by atoms with Crippen LogP contribution in [0.2, 0.25) is 5.02 Å². The molecule has 4 atom stereocenters. The monoisotopic (exact) mass is 580 g/mol. The Hall–Kier alpha value is -3.07. The highest BCUT2D eigenvalue weighted by atomic mass is 35.5. The summed E-state index contributed by atoms with van der Waals surface area (Å²) in [6.45, 7) is 4.65. The number of amides is 1. The van der Waals surface area contributed by atoms with Gasteiger partial charge in [0.05, 0.1) is 27.4 Å². The van der Waals surface area contributed by atoms with Crippen molar-refractivity contribution >= 4 is 46.0 Å². The number of likely N-dealkylation sites (tertiary alicyclic amines) is 1. The van der Waals surface area contributed by atoms with Crippen molar-refractivity contribution in [2.75, 3.05) is 45.1 Å². The van der Waals surface area contributed by atoms with Crippen LogP contribution in [0, 0.1) is 17.8 Å². The fourth-order valence-corrected chi connectivity index (χ4v) is 5.69. The van der Waals surface area contributed by atoms with Gasteiger partial charge >= 0.3 is 11.9 Å². The largest absolute Gasteiger partial charge is 0.479 e. The van der Waals surface area contributed by atoms with Crippen LogP contribution in [0.3, 0.4) is 0 Å². The lowest BCUT2D eigenvalue weighted by Crippen LogP contribution is -2.47. The number of aliphatic hydroxyl groups is 3. The van der Waals surface area contributed by atoms with E-state index in [1.165, 1.54) is 0 Å². The van der Waals surface area contributed by atoms with Crippen LogP contribution in [-0.2, 0) is 14.3 Å². The fraction of sp³-hybridized carbons (Fsp3) is 0.538. The summed E-state index contributed by atoms with van der Waals surface area (Å²) in [5.41, 5.74) is 6.90. The number of halogens is 1. The number of nitrogens with two attached hydrogens (primary N) is 1. The van der Waals surface area contributed by atoms with E-state index >= 15 is 0 Å². The van der Waals surface area contributed by atoms with Crippen LogP contribution in [0.25, 0.3) is 10.9 Å². The number of carbonyl (C=O) groups is 3. The Bertz CT molecular complexity index is 1240. The summed E-state index contributed by atoms with van der Waals surface area (Å²) in [5, 5.41) is 47.4. The van der Waals surface area contributed by atoms with Crippen LogP contribution >= 0.6 is 11.6 Å². The molecule has 3 aliphatic rings. The van der Waals surface area contributed by atoms with Crippen molar-refractivity contribution in [3.05, 3.63) is 35.0 Å². The summed E-state index contributed by atoms with van der Waals surface area (Å²) < 4.78 is 5.37. The second kappa shape index (κ2) is 12.2. The molecular weight excluding hydrogens is 548 g/mol. The van der Waals surface area contributed by atoms with E-state index in [2.05, 4.69) is 15.2 Å². The Morgan fingerprint density at radius 3 is 2.33 bits per heavy atom. The van der Waals surface area contributed by atoms with Crippen LogP contribution in [-0.4, -0.2) is 110 Å². The minimum absolute atomic E-state index is 0.168. The zero-order valence-electron chi connectivity index (χ0n) is 21.6. The molecule has 1 amide bonds. The first-order valence-electron chi connectivity index (χ1n) is 12.9. The van der Waals surface area contributed by atoms with Gasteiger partial charge in [-0.1, -0.05) is 11.6 Å². The van der Waals surface area contributed by atoms with Gasteiger partial charge in [-0.2, -0.15) is 0 Å². The molecule has 2 aromatic rings. The van der Waals surface area contributed by atoms with E-state index in [1.54, 1.807) is 18.3 Å². The first-order valence-corrected chi connectivity index (χ1v) is 13.2. The van der Waals surface area contributed by atoms with E-state index in [9.17, 15) is 19.5 Å². The van der Waals surface area contributed by atoms with Crippen molar-refractivity contribution in [2.45, 2.75) is 30.7 Å². The minimum Gasteiger partial charge on any atom is -0.479 e. The second-order valence-corrected chi connectivity index (χ2v) is 10.9. The van der Waals surface area contributed by atoms with E-state index in [-0.39, 0.29) is 5.91 Å². The van der Waals surface area contributed by atoms with Crippen molar-refractivity contribution in [1.82, 2.24) is 15.2 Å². The highest BCUT2D eigenvalue weighted by molar-refractivity contribution is 6.35. The molecule has 4 unspecified atom stereocenters. The summed E-state index contributed by atoms with van der Waals surface area (Å²) in [6, 6.07) is 5.21. The van der Waals surface area contributed by atoms with Gasteiger partial charge in [-0.25, -0.2) is 9.59 Å². The maximum Gasteiger partial charge on any atom is 0.335 e. The van der Waals surface area contributed by atoms with E-state index in [0.29, 0.717) is 77.5 Å². The number of aliphatic hydroxyl groups excluding tert-OH is 2. The molecule has 3 heterocycles. The van der Waals surface area contributed by atoms with Crippen molar-refractivity contribution < 1.29 is 44.7 Å². The molecule has 40 heavy (non-hydrogen) atoms. The molecule has 5 rings (SSSR count). The van der Waals surface area contributed by atoms with Crippen molar-refractivity contribution in [2.24, 2.45) is 17.8 Å². The molecule has 8 N–H and O–H groups in total. The van der Waals surface area contributed by atoms with Crippen LogP contribution < -0.4 is 11.1 Å². The smallest absolute Gasteiger partial charge is 0.335 e. The molecule has 0 bridgehead atoms. The molecule has 1 saturated carbocycles. The van der Waals surface area contributed by atoms with Gasteiger partial charge in [-0.05, 0) is 36.0 Å². The Morgan fingerprint density at radius 1 is 1.15 bits per heavy atom. The second-order valence-electron chi connectivity index (χ2n) is 10.5. The Balaban J connectivity index is 0.000000318. The number of nitrogens with one attached hydrogen (secondary N) is 1. The summed E-state index contributed by atoms with van der Waals surface area (Å²) in [7, 11) is 0. The lowest BCUT2D eigenvalue weighted by molar-refractivity contribution is -0.165. The van der Waals surface area contributed by atoms with Gasteiger partial charge in [0.15, 0.2) is 12.2 Å². The van der Waals surface area contributed by atoms with Crippen LogP contribution in [0.1, 0.15) is 23.2 Å². The summed E-state index contributed by atoms with van der Waals surface area (Å²) in [5.74, 6) is -2.01. The SMILES string of the molecule is Nc1c(Cl)cc(C(=O)NCC2C3CN(CC4(O)CCOCC4)CC23)c2ncccc12.O=C(O)C(O)C(O)C(=O)O. The number of aromatic nitrogens is 1. The van der Waals surface area contributed by atoms with E-state index < -0.39 is 29.7 Å². The zero-order valence-corrected chi connectivity index (χ0v) is 22.3. The topological polar surface area (TPSA) is 216 Å². The zero-order chi connectivity index (χ0) is 29.2. The Morgan fingerprint density at radius 2 is 1.75 bits per heavy atom. The number of β-amino-alcohol motifs (C(OH)–C–C–N with tert-alkyl or cyclic N) is 1. The van der Waals surface area contributed by atoms with Crippen LogP contribution in [0.15, 0.2) is 24.4 Å². The maximum absolute atomic E-state index is 12.8. The quantitative estimate of drug-likeness (QED) is 0.202. The molecule has 3 fully saturated rings. The van der Waals surface area contributed by atoms with Crippen LogP contribution in [0.5, 0.6) is 0 Å². The number of ether oxygens (including phenoxy) is 1. The number of fused-ring (bicyclic) bond motifs is 2. The number of hydrogen-bond acceptors (Lipinski definition) is 10. The Labute approximate surface area is 234 Å². The van der Waals surface area contributed by atoms with Crippen molar-refractivity contribution in [3.8, 4) is 0 Å². The molecule has 14 heteroatoms. The molecule has 1 aromatic carbocycles. The first-order chi connectivity index (χ1) is 18.9. The van der Waals surface area contributed by atoms with Gasteiger partial charge < -0.3 is 41.3 Å². The third-order valence-electron chi connectivity index (χ3n) is 7.82. The number of piperidine rings is 1. The maximum atomic E-state index is 12.8. The first kappa shape index (κ1) is 29.9. The molecule has 1 aliphatic carbocycles. The molecule has 0 radical (unpaired) electrons. The number of carbonyl (C=O) groups excluding carboxylic acids is 1. The predicted molar refractivity (Wildman–Crippen MR) is 143 cm³/mol. The summed E-state index contributed by atoms with van der Waals surface area (Å²) >= 11 is 6.23. The Kier molecular flexibility index (Phi) is 9.12. The number of pyridine rings is 1. The molecule has 13 nitrogen and oxygen atoms in total. The number of anilines is 1. The van der Waals surface area contributed by atoms with Gasteiger partial charge in [-0.15, -0.1) is 0 Å². The highest BCUT2D eigenvalue weighted by Gasteiger charge is 2.56. The number of hydrogen-bond donors (Lipinski definition) is 7. The van der Waals surface area contributed by atoms with Crippen LogP contribution in [0.4, 0.5) is 5.69 Å². The lowest BCUT2D eigenvalue weighted by Gasteiger charge is -2.36.